The van der Waals surface area contributed by atoms with Crippen molar-refractivity contribution in [3.05, 3.63) is 34.3 Å². The number of hydrogen-bond donors (Lipinski definition) is 0. The summed E-state index contributed by atoms with van der Waals surface area (Å²) >= 11 is 3.39. The van der Waals surface area contributed by atoms with Crippen LogP contribution >= 0.6 is 15.9 Å². The molecule has 0 fully saturated rings. The second kappa shape index (κ2) is 5.94. The molecule has 0 saturated carbocycles. The van der Waals surface area contributed by atoms with Crippen molar-refractivity contribution in [2.45, 2.75) is 13.0 Å². The summed E-state index contributed by atoms with van der Waals surface area (Å²) in [7, 11) is 2.02. The van der Waals surface area contributed by atoms with E-state index in [9.17, 15) is 4.79 Å². The van der Waals surface area contributed by atoms with Gasteiger partial charge in [0.05, 0.1) is 0 Å². The Labute approximate surface area is 93.0 Å². The number of carbonyl (C=O) groups is 1. The van der Waals surface area contributed by atoms with E-state index in [0.29, 0.717) is 6.42 Å². The van der Waals surface area contributed by atoms with Gasteiger partial charge in [-0.05, 0) is 24.7 Å². The number of halogens is 1. The smallest absolute Gasteiger partial charge is 0.121 e. The molecular weight excluding hydrogens is 242 g/mol. The molecule has 0 aliphatic heterocycles. The second-order valence-corrected chi connectivity index (χ2v) is 4.24. The van der Waals surface area contributed by atoms with Crippen LogP contribution in [0.5, 0.6) is 0 Å². The molecule has 0 bridgehead atoms. The Bertz CT molecular complexity index is 284. The molecule has 0 unspecified atom stereocenters. The van der Waals surface area contributed by atoms with E-state index >= 15 is 0 Å². The topological polar surface area (TPSA) is 20.3 Å². The fraction of sp³-hybridized carbons (Fsp3) is 0.364. The van der Waals surface area contributed by atoms with Gasteiger partial charge in [0.25, 0.3) is 0 Å². The lowest BCUT2D eigenvalue weighted by Crippen LogP contribution is -2.19. The first-order valence-electron chi connectivity index (χ1n) is 4.59. The van der Waals surface area contributed by atoms with Gasteiger partial charge < -0.3 is 9.69 Å². The molecule has 0 aromatic heterocycles. The van der Waals surface area contributed by atoms with E-state index in [-0.39, 0.29) is 0 Å². The number of hydrogen-bond acceptors (Lipinski definition) is 2. The van der Waals surface area contributed by atoms with E-state index in [4.69, 9.17) is 0 Å². The van der Waals surface area contributed by atoms with Crippen LogP contribution in [0.4, 0.5) is 0 Å². The lowest BCUT2D eigenvalue weighted by Gasteiger charge is -2.14. The number of benzene rings is 1. The summed E-state index contributed by atoms with van der Waals surface area (Å²) in [6.45, 7) is 1.71. The van der Waals surface area contributed by atoms with Gasteiger partial charge in [0, 0.05) is 24.0 Å². The molecule has 0 saturated heterocycles. The Morgan fingerprint density at radius 3 is 2.57 bits per heavy atom. The molecule has 76 valence electrons. The molecule has 0 heterocycles. The summed E-state index contributed by atoms with van der Waals surface area (Å²) in [5, 5.41) is 0. The van der Waals surface area contributed by atoms with E-state index < -0.39 is 0 Å². The Kier molecular flexibility index (Phi) is 4.84. The maximum absolute atomic E-state index is 10.2. The predicted octanol–water partition coefficient (Wildman–Crippen LogP) is 2.47. The van der Waals surface area contributed by atoms with Crippen molar-refractivity contribution in [3.8, 4) is 0 Å². The van der Waals surface area contributed by atoms with Crippen LogP contribution in [-0.4, -0.2) is 24.8 Å². The second-order valence-electron chi connectivity index (χ2n) is 3.32. The molecule has 0 amide bonds. The lowest BCUT2D eigenvalue weighted by atomic mass is 10.2. The summed E-state index contributed by atoms with van der Waals surface area (Å²) in [6.07, 6.45) is 1.56. The Morgan fingerprint density at radius 1 is 1.36 bits per heavy atom. The van der Waals surface area contributed by atoms with Gasteiger partial charge in [-0.1, -0.05) is 28.1 Å². The van der Waals surface area contributed by atoms with Crippen LogP contribution in [0.2, 0.25) is 0 Å². The van der Waals surface area contributed by atoms with Crippen LogP contribution in [-0.2, 0) is 11.3 Å². The summed E-state index contributed by atoms with van der Waals surface area (Å²) in [6, 6.07) is 8.23. The third-order valence-corrected chi connectivity index (χ3v) is 2.52. The number of rotatable bonds is 5. The van der Waals surface area contributed by atoms with Crippen molar-refractivity contribution >= 4 is 22.2 Å². The molecule has 0 aliphatic carbocycles. The number of aldehydes is 1. The first-order valence-corrected chi connectivity index (χ1v) is 5.38. The zero-order chi connectivity index (χ0) is 10.4. The number of carbonyl (C=O) groups excluding carboxylic acids is 1. The van der Waals surface area contributed by atoms with Crippen LogP contribution in [0.15, 0.2) is 28.7 Å². The first kappa shape index (κ1) is 11.4. The summed E-state index contributed by atoms with van der Waals surface area (Å²) in [4.78, 5) is 12.3. The van der Waals surface area contributed by atoms with Crippen LogP contribution < -0.4 is 0 Å². The molecule has 0 atom stereocenters. The maximum atomic E-state index is 10.2. The third-order valence-electron chi connectivity index (χ3n) is 1.99. The van der Waals surface area contributed by atoms with Crippen LogP contribution in [0.3, 0.4) is 0 Å². The minimum absolute atomic E-state index is 0.604. The molecule has 0 radical (unpaired) electrons. The average Bonchev–Trinajstić information content (AvgIpc) is 2.18. The average molecular weight is 256 g/mol. The quantitative estimate of drug-likeness (QED) is 0.754. The fourth-order valence-electron chi connectivity index (χ4n) is 1.25. The molecular formula is C11H14BrNO. The molecule has 14 heavy (non-hydrogen) atoms. The molecule has 0 aliphatic rings. The Balaban J connectivity index is 2.43. The van der Waals surface area contributed by atoms with Crippen LogP contribution in [0.1, 0.15) is 12.0 Å². The zero-order valence-electron chi connectivity index (χ0n) is 8.24. The lowest BCUT2D eigenvalue weighted by molar-refractivity contribution is -0.108. The van der Waals surface area contributed by atoms with Crippen LogP contribution in [0.25, 0.3) is 0 Å². The van der Waals surface area contributed by atoms with Gasteiger partial charge >= 0.3 is 0 Å². The SMILES string of the molecule is CN(CCC=O)Cc1ccc(Br)cc1. The van der Waals surface area contributed by atoms with Gasteiger partial charge in [0.2, 0.25) is 0 Å². The highest BCUT2D eigenvalue weighted by molar-refractivity contribution is 9.10. The van der Waals surface area contributed by atoms with Gasteiger partial charge in [0.1, 0.15) is 6.29 Å². The van der Waals surface area contributed by atoms with Crippen molar-refractivity contribution in [2.75, 3.05) is 13.6 Å². The van der Waals surface area contributed by atoms with Crippen molar-refractivity contribution < 1.29 is 4.79 Å². The summed E-state index contributed by atoms with van der Waals surface area (Å²) in [5.74, 6) is 0. The van der Waals surface area contributed by atoms with Gasteiger partial charge in [-0.15, -0.1) is 0 Å². The van der Waals surface area contributed by atoms with Gasteiger partial charge in [-0.2, -0.15) is 0 Å². The number of nitrogens with zero attached hydrogens (tertiary/aromatic N) is 1. The molecule has 0 N–H and O–H groups in total. The van der Waals surface area contributed by atoms with Crippen molar-refractivity contribution in [1.29, 1.82) is 0 Å². The highest BCUT2D eigenvalue weighted by Gasteiger charge is 1.99. The van der Waals surface area contributed by atoms with Gasteiger partial charge in [0.15, 0.2) is 0 Å². The molecule has 3 heteroatoms. The highest BCUT2D eigenvalue weighted by atomic mass is 79.9. The monoisotopic (exact) mass is 255 g/mol. The van der Waals surface area contributed by atoms with Crippen molar-refractivity contribution in [2.24, 2.45) is 0 Å². The molecule has 1 aromatic rings. The predicted molar refractivity (Wildman–Crippen MR) is 61.2 cm³/mol. The van der Waals surface area contributed by atoms with Gasteiger partial charge in [-0.25, -0.2) is 0 Å². The van der Waals surface area contributed by atoms with E-state index in [1.165, 1.54) is 5.56 Å². The standard InChI is InChI=1S/C11H14BrNO/c1-13(7-2-8-14)9-10-3-5-11(12)6-4-10/h3-6,8H,2,7,9H2,1H3. The minimum Gasteiger partial charge on any atom is -0.303 e. The molecule has 2 nitrogen and oxygen atoms in total. The summed E-state index contributed by atoms with van der Waals surface area (Å²) < 4.78 is 1.09. The van der Waals surface area contributed by atoms with E-state index in [1.54, 1.807) is 0 Å². The van der Waals surface area contributed by atoms with E-state index in [1.807, 2.05) is 19.2 Å². The third kappa shape index (κ3) is 4.03. The van der Waals surface area contributed by atoms with Crippen molar-refractivity contribution in [3.63, 3.8) is 0 Å². The van der Waals surface area contributed by atoms with Crippen LogP contribution in [0, 0.1) is 0 Å². The minimum atomic E-state index is 0.604. The van der Waals surface area contributed by atoms with Crippen molar-refractivity contribution in [1.82, 2.24) is 4.90 Å². The summed E-state index contributed by atoms with van der Waals surface area (Å²) in [5.41, 5.74) is 1.27. The normalized spacial score (nSPS) is 10.5. The first-order chi connectivity index (χ1) is 6.72. The Hall–Kier alpha value is -0.670. The maximum Gasteiger partial charge on any atom is 0.121 e. The molecule has 0 spiro atoms. The zero-order valence-corrected chi connectivity index (χ0v) is 9.83. The van der Waals surface area contributed by atoms with E-state index in [2.05, 4.69) is 33.0 Å². The fourth-order valence-corrected chi connectivity index (χ4v) is 1.52. The molecule has 1 aromatic carbocycles. The van der Waals surface area contributed by atoms with Gasteiger partial charge in [-0.3, -0.25) is 0 Å². The Morgan fingerprint density at radius 2 is 2.00 bits per heavy atom. The van der Waals surface area contributed by atoms with E-state index in [0.717, 1.165) is 23.8 Å². The highest BCUT2D eigenvalue weighted by Crippen LogP contribution is 2.11. The molecule has 1 rings (SSSR count). The largest absolute Gasteiger partial charge is 0.303 e.